The van der Waals surface area contributed by atoms with Gasteiger partial charge in [0.15, 0.2) is 5.78 Å². The lowest BCUT2D eigenvalue weighted by Gasteiger charge is -2.50. The van der Waals surface area contributed by atoms with Crippen LogP contribution >= 0.6 is 0 Å². The van der Waals surface area contributed by atoms with Crippen molar-refractivity contribution >= 4 is 17.7 Å². The largest absolute Gasteiger partial charge is 0.481 e. The number of aliphatic carboxylic acids is 1. The van der Waals surface area contributed by atoms with Crippen LogP contribution in [-0.4, -0.2) is 29.4 Å². The summed E-state index contributed by atoms with van der Waals surface area (Å²) in [5, 5.41) is 9.54. The van der Waals surface area contributed by atoms with E-state index < -0.39 is 5.97 Å². The molecule has 5 heteroatoms. The number of ether oxygens (including phenoxy) is 1. The Kier molecular flexibility index (Phi) is 5.78. The number of esters is 1. The predicted molar refractivity (Wildman–Crippen MR) is 113 cm³/mol. The zero-order valence-corrected chi connectivity index (χ0v) is 18.8. The first kappa shape index (κ1) is 21.8. The average Bonchev–Trinajstić information content (AvgIpc) is 2.95. The lowest BCUT2D eigenvalue weighted by atomic mass is 9.55. The summed E-state index contributed by atoms with van der Waals surface area (Å²) in [7, 11) is 0. The van der Waals surface area contributed by atoms with E-state index in [4.69, 9.17) is 4.74 Å². The minimum atomic E-state index is -0.615. The van der Waals surface area contributed by atoms with Crippen LogP contribution < -0.4 is 0 Å². The van der Waals surface area contributed by atoms with Gasteiger partial charge < -0.3 is 9.84 Å². The third kappa shape index (κ3) is 3.71. The Bertz CT molecular complexity index is 716. The van der Waals surface area contributed by atoms with Gasteiger partial charge in [-0.3, -0.25) is 14.4 Å². The van der Waals surface area contributed by atoms with E-state index in [1.54, 1.807) is 0 Å². The maximum atomic E-state index is 12.9. The number of carboxylic acids is 1. The maximum absolute atomic E-state index is 12.9. The van der Waals surface area contributed by atoms with Gasteiger partial charge in [0.05, 0.1) is 5.92 Å². The van der Waals surface area contributed by atoms with Crippen molar-refractivity contribution in [2.45, 2.75) is 85.0 Å². The third-order valence-corrected chi connectivity index (χ3v) is 9.94. The van der Waals surface area contributed by atoms with Crippen LogP contribution in [0.15, 0.2) is 0 Å². The van der Waals surface area contributed by atoms with Crippen LogP contribution in [0, 0.1) is 46.3 Å². The summed E-state index contributed by atoms with van der Waals surface area (Å²) >= 11 is 0. The van der Waals surface area contributed by atoms with E-state index in [0.29, 0.717) is 23.7 Å². The van der Waals surface area contributed by atoms with Crippen LogP contribution in [-0.2, 0) is 19.1 Å². The second-order valence-corrected chi connectivity index (χ2v) is 11.4. The molecule has 0 saturated heterocycles. The van der Waals surface area contributed by atoms with E-state index in [0.717, 1.165) is 44.9 Å². The topological polar surface area (TPSA) is 80.7 Å². The minimum Gasteiger partial charge on any atom is -0.481 e. The van der Waals surface area contributed by atoms with Gasteiger partial charge in [-0.05, 0) is 98.7 Å². The van der Waals surface area contributed by atoms with E-state index >= 15 is 0 Å². The fourth-order valence-corrected chi connectivity index (χ4v) is 8.26. The molecule has 0 aromatic carbocycles. The Morgan fingerprint density at radius 3 is 2.47 bits per heavy atom. The smallest absolute Gasteiger partial charge is 0.306 e. The Labute approximate surface area is 180 Å². The summed E-state index contributed by atoms with van der Waals surface area (Å²) in [6.07, 6.45) is 10.6. The quantitative estimate of drug-likeness (QED) is 0.659. The summed E-state index contributed by atoms with van der Waals surface area (Å²) in [5.41, 5.74) is 0.306. The van der Waals surface area contributed by atoms with Crippen LogP contribution in [0.4, 0.5) is 0 Å². The molecule has 0 aromatic rings. The molecule has 1 N–H and O–H groups in total. The summed E-state index contributed by atoms with van der Waals surface area (Å²) < 4.78 is 5.04. The number of Topliss-reactive ketones (excluding diaryl/α,β-unsaturated/α-hetero) is 1. The van der Waals surface area contributed by atoms with Crippen molar-refractivity contribution in [1.29, 1.82) is 0 Å². The van der Waals surface area contributed by atoms with E-state index in [-0.39, 0.29) is 41.0 Å². The molecule has 4 fully saturated rings. The molecule has 4 aliphatic rings. The number of hydrogen-bond donors (Lipinski definition) is 1. The lowest BCUT2D eigenvalue weighted by Crippen LogP contribution is -2.44. The second kappa shape index (κ2) is 7.94. The number of ketones is 1. The van der Waals surface area contributed by atoms with Crippen molar-refractivity contribution in [3.63, 3.8) is 0 Å². The van der Waals surface area contributed by atoms with Crippen molar-refractivity contribution in [2.24, 2.45) is 46.3 Å². The average molecular weight is 419 g/mol. The fourth-order valence-electron chi connectivity index (χ4n) is 8.26. The number of carbonyl (C=O) groups is 3. The van der Waals surface area contributed by atoms with Crippen LogP contribution in [0.3, 0.4) is 0 Å². The van der Waals surface area contributed by atoms with Gasteiger partial charge in [-0.2, -0.15) is 0 Å². The monoisotopic (exact) mass is 418 g/mol. The number of hydrogen-bond acceptors (Lipinski definition) is 4. The zero-order chi connectivity index (χ0) is 21.7. The molecule has 0 heterocycles. The molecule has 168 valence electrons. The Hall–Kier alpha value is -1.39. The molecule has 0 aliphatic heterocycles. The van der Waals surface area contributed by atoms with E-state index in [1.807, 2.05) is 0 Å². The molecule has 0 bridgehead atoms. The first-order valence-electron chi connectivity index (χ1n) is 12.0. The fraction of sp³-hybridized carbons (Fsp3) is 0.880. The van der Waals surface area contributed by atoms with Crippen molar-refractivity contribution in [3.8, 4) is 0 Å². The standard InChI is InChI=1S/C25H38O5/c1-15(26)30-14-22(27)21-7-6-20-19-5-4-18-12-16(23(28)29)8-10-24(18,2)13-17(19)9-11-25(20,21)3/h16-21H,4-14H2,1-3H3,(H,28,29). The second-order valence-electron chi connectivity index (χ2n) is 11.4. The molecular formula is C25H38O5. The first-order valence-corrected chi connectivity index (χ1v) is 12.0. The number of rotatable bonds is 4. The Morgan fingerprint density at radius 2 is 1.77 bits per heavy atom. The van der Waals surface area contributed by atoms with Crippen molar-refractivity contribution in [2.75, 3.05) is 6.61 Å². The molecule has 0 radical (unpaired) electrons. The molecule has 4 saturated carbocycles. The normalized spacial score (nSPS) is 45.4. The van der Waals surface area contributed by atoms with Gasteiger partial charge in [0.25, 0.3) is 0 Å². The third-order valence-electron chi connectivity index (χ3n) is 9.94. The molecule has 8 atom stereocenters. The number of carboxylic acid groups (broad SMARTS) is 1. The molecule has 30 heavy (non-hydrogen) atoms. The highest BCUT2D eigenvalue weighted by atomic mass is 16.5. The van der Waals surface area contributed by atoms with Crippen LogP contribution in [0.5, 0.6) is 0 Å². The highest BCUT2D eigenvalue weighted by molar-refractivity contribution is 5.85. The molecule has 0 amide bonds. The minimum absolute atomic E-state index is 0.0142. The first-order chi connectivity index (χ1) is 14.1. The van der Waals surface area contributed by atoms with Crippen LogP contribution in [0.1, 0.15) is 85.0 Å². The maximum Gasteiger partial charge on any atom is 0.306 e. The van der Waals surface area contributed by atoms with Gasteiger partial charge >= 0.3 is 11.9 Å². The molecule has 0 aromatic heterocycles. The van der Waals surface area contributed by atoms with Gasteiger partial charge in [0, 0.05) is 12.8 Å². The zero-order valence-electron chi connectivity index (χ0n) is 18.8. The summed E-state index contributed by atoms with van der Waals surface area (Å²) in [6, 6.07) is 0. The highest BCUT2D eigenvalue weighted by Crippen LogP contribution is 2.64. The molecule has 0 spiro atoms. The van der Waals surface area contributed by atoms with Crippen LogP contribution in [0.2, 0.25) is 0 Å². The van der Waals surface area contributed by atoms with E-state index in [9.17, 15) is 19.5 Å². The molecular weight excluding hydrogens is 380 g/mol. The summed E-state index contributed by atoms with van der Waals surface area (Å²) in [6.45, 7) is 6.02. The van der Waals surface area contributed by atoms with E-state index in [1.165, 1.54) is 26.2 Å². The molecule has 4 aliphatic carbocycles. The molecule has 5 nitrogen and oxygen atoms in total. The van der Waals surface area contributed by atoms with Gasteiger partial charge in [0.2, 0.25) is 0 Å². The SMILES string of the molecule is CC(=O)OCC(=O)C1CCC2C3CCC4CC(C(=O)O)CCC4(C)CC3CCC12C. The van der Waals surface area contributed by atoms with Gasteiger partial charge in [-0.15, -0.1) is 0 Å². The van der Waals surface area contributed by atoms with Gasteiger partial charge in [0.1, 0.15) is 6.61 Å². The number of carbonyl (C=O) groups excluding carboxylic acids is 2. The van der Waals surface area contributed by atoms with Gasteiger partial charge in [-0.25, -0.2) is 0 Å². The van der Waals surface area contributed by atoms with Crippen LogP contribution in [0.25, 0.3) is 0 Å². The lowest BCUT2D eigenvalue weighted by molar-refractivity contribution is -0.148. The van der Waals surface area contributed by atoms with Crippen molar-refractivity contribution < 1.29 is 24.2 Å². The van der Waals surface area contributed by atoms with Crippen molar-refractivity contribution in [1.82, 2.24) is 0 Å². The Balaban J connectivity index is 1.49. The van der Waals surface area contributed by atoms with Crippen molar-refractivity contribution in [3.05, 3.63) is 0 Å². The summed E-state index contributed by atoms with van der Waals surface area (Å²) in [4.78, 5) is 35.6. The number of fused-ring (bicyclic) bond motifs is 4. The molecule has 4 rings (SSSR count). The Morgan fingerprint density at radius 1 is 1.00 bits per heavy atom. The van der Waals surface area contributed by atoms with E-state index in [2.05, 4.69) is 13.8 Å². The molecule has 8 unspecified atom stereocenters. The predicted octanol–water partition coefficient (Wildman–Crippen LogP) is 4.87. The van der Waals surface area contributed by atoms with Gasteiger partial charge in [-0.1, -0.05) is 13.8 Å². The highest BCUT2D eigenvalue weighted by Gasteiger charge is 2.57. The summed E-state index contributed by atoms with van der Waals surface area (Å²) in [5.74, 6) is 1.41.